The SMILES string of the molecule is CCC[C@]1(C)CCC2C3CCC4=CC(=O)CCC4=C3[C@@H](c3ccc4c(c3)OCO4)C[C@@]21O. The predicted octanol–water partition coefficient (Wildman–Crippen LogP) is 5.85. The van der Waals surface area contributed by atoms with Crippen LogP contribution in [0.3, 0.4) is 0 Å². The first-order valence-electron chi connectivity index (χ1n) is 12.5. The lowest BCUT2D eigenvalue weighted by Crippen LogP contribution is -2.54. The fourth-order valence-corrected chi connectivity index (χ4v) is 7.94. The Kier molecular flexibility index (Phi) is 4.63. The van der Waals surface area contributed by atoms with E-state index < -0.39 is 5.60 Å². The number of allylic oxidation sites excluding steroid dienone is 4. The lowest BCUT2D eigenvalue weighted by molar-refractivity contribution is -0.121. The minimum absolute atomic E-state index is 0.0319. The quantitative estimate of drug-likeness (QED) is 0.649. The number of aliphatic hydroxyl groups is 1. The van der Waals surface area contributed by atoms with E-state index in [1.54, 1.807) is 0 Å². The van der Waals surface area contributed by atoms with Crippen LogP contribution in [0.2, 0.25) is 0 Å². The fourth-order valence-electron chi connectivity index (χ4n) is 7.94. The number of fused-ring (bicyclic) bond motifs is 5. The van der Waals surface area contributed by atoms with Gasteiger partial charge in [0.25, 0.3) is 0 Å². The van der Waals surface area contributed by atoms with Crippen molar-refractivity contribution in [3.63, 3.8) is 0 Å². The number of hydrogen-bond donors (Lipinski definition) is 1. The van der Waals surface area contributed by atoms with Gasteiger partial charge >= 0.3 is 0 Å². The van der Waals surface area contributed by atoms with Crippen molar-refractivity contribution in [2.75, 3.05) is 6.79 Å². The first-order valence-corrected chi connectivity index (χ1v) is 12.5. The van der Waals surface area contributed by atoms with E-state index in [9.17, 15) is 9.90 Å². The van der Waals surface area contributed by atoms with E-state index in [0.717, 1.165) is 62.9 Å². The lowest BCUT2D eigenvalue weighted by atomic mass is 9.53. The largest absolute Gasteiger partial charge is 0.454 e. The van der Waals surface area contributed by atoms with E-state index in [2.05, 4.69) is 26.0 Å². The average molecular weight is 435 g/mol. The number of carbonyl (C=O) groups excluding carboxylic acids is 1. The van der Waals surface area contributed by atoms with Crippen LogP contribution < -0.4 is 9.47 Å². The van der Waals surface area contributed by atoms with E-state index in [1.165, 1.54) is 22.3 Å². The third-order valence-electron chi connectivity index (χ3n) is 9.46. The first-order chi connectivity index (χ1) is 15.4. The highest BCUT2D eigenvalue weighted by molar-refractivity contribution is 5.93. The summed E-state index contributed by atoms with van der Waals surface area (Å²) in [5.41, 5.74) is 4.75. The molecular weight excluding hydrogens is 400 g/mol. The molecule has 4 aliphatic carbocycles. The number of rotatable bonds is 3. The Hall–Kier alpha value is -2.07. The molecule has 4 nitrogen and oxygen atoms in total. The molecule has 4 heteroatoms. The average Bonchev–Trinajstić information content (AvgIpc) is 3.35. The van der Waals surface area contributed by atoms with Crippen molar-refractivity contribution in [3.8, 4) is 11.5 Å². The molecule has 0 saturated heterocycles. The van der Waals surface area contributed by atoms with Crippen molar-refractivity contribution in [1.82, 2.24) is 0 Å². The first kappa shape index (κ1) is 20.5. The van der Waals surface area contributed by atoms with Crippen molar-refractivity contribution in [2.24, 2.45) is 17.3 Å². The molecule has 5 aliphatic rings. The van der Waals surface area contributed by atoms with Gasteiger partial charge in [-0.15, -0.1) is 0 Å². The molecule has 0 aromatic heterocycles. The van der Waals surface area contributed by atoms with Gasteiger partial charge in [-0.3, -0.25) is 4.79 Å². The Morgan fingerprint density at radius 3 is 2.81 bits per heavy atom. The molecule has 32 heavy (non-hydrogen) atoms. The van der Waals surface area contributed by atoms with E-state index in [0.29, 0.717) is 18.3 Å². The molecule has 0 bridgehead atoms. The molecule has 0 radical (unpaired) electrons. The van der Waals surface area contributed by atoms with Crippen molar-refractivity contribution in [1.29, 1.82) is 0 Å². The molecule has 170 valence electrons. The molecule has 1 aliphatic heterocycles. The second-order valence-corrected chi connectivity index (χ2v) is 11.0. The molecule has 2 fully saturated rings. The van der Waals surface area contributed by atoms with Crippen molar-refractivity contribution in [3.05, 3.63) is 46.6 Å². The Balaban J connectivity index is 1.51. The normalized spacial score (nSPS) is 37.7. The zero-order chi connectivity index (χ0) is 22.1. The van der Waals surface area contributed by atoms with Crippen LogP contribution in [0.15, 0.2) is 41.0 Å². The number of hydrogen-bond acceptors (Lipinski definition) is 4. The van der Waals surface area contributed by atoms with Crippen molar-refractivity contribution >= 4 is 5.78 Å². The van der Waals surface area contributed by atoms with Gasteiger partial charge in [0, 0.05) is 12.3 Å². The zero-order valence-corrected chi connectivity index (χ0v) is 19.3. The van der Waals surface area contributed by atoms with Gasteiger partial charge in [-0.25, -0.2) is 0 Å². The van der Waals surface area contributed by atoms with Crippen LogP contribution in [-0.2, 0) is 4.79 Å². The highest BCUT2D eigenvalue weighted by atomic mass is 16.7. The summed E-state index contributed by atoms with van der Waals surface area (Å²) < 4.78 is 11.3. The van der Waals surface area contributed by atoms with Gasteiger partial charge in [-0.2, -0.15) is 0 Å². The topological polar surface area (TPSA) is 55.8 Å². The van der Waals surface area contributed by atoms with Crippen molar-refractivity contribution < 1.29 is 19.4 Å². The van der Waals surface area contributed by atoms with Gasteiger partial charge in [0.05, 0.1) is 5.60 Å². The smallest absolute Gasteiger partial charge is 0.231 e. The predicted molar refractivity (Wildman–Crippen MR) is 123 cm³/mol. The maximum atomic E-state index is 12.4. The van der Waals surface area contributed by atoms with Crippen LogP contribution in [0.25, 0.3) is 0 Å². The summed E-state index contributed by atoms with van der Waals surface area (Å²) in [6.45, 7) is 4.85. The minimum atomic E-state index is -0.648. The van der Waals surface area contributed by atoms with E-state index in [1.807, 2.05) is 12.1 Å². The van der Waals surface area contributed by atoms with Gasteiger partial charge in [-0.05, 0) is 97.1 Å². The second-order valence-electron chi connectivity index (χ2n) is 11.0. The van der Waals surface area contributed by atoms with Crippen LogP contribution in [-0.4, -0.2) is 23.3 Å². The summed E-state index contributed by atoms with van der Waals surface area (Å²) >= 11 is 0. The highest BCUT2D eigenvalue weighted by Gasteiger charge is 2.62. The minimum Gasteiger partial charge on any atom is -0.454 e. The third-order valence-corrected chi connectivity index (χ3v) is 9.46. The molecule has 0 amide bonds. The Morgan fingerprint density at radius 2 is 1.97 bits per heavy atom. The van der Waals surface area contributed by atoms with Gasteiger partial charge in [0.1, 0.15) is 0 Å². The van der Waals surface area contributed by atoms with Crippen LogP contribution >= 0.6 is 0 Å². The molecule has 1 heterocycles. The summed E-state index contributed by atoms with van der Waals surface area (Å²) in [6.07, 6.45) is 10.6. The van der Waals surface area contributed by atoms with E-state index in [4.69, 9.17) is 9.47 Å². The molecule has 1 aromatic rings. The molecule has 0 spiro atoms. The fraction of sp³-hybridized carbons (Fsp3) is 0.607. The molecule has 2 saturated carbocycles. The monoisotopic (exact) mass is 434 g/mol. The maximum absolute atomic E-state index is 12.4. The molecule has 5 atom stereocenters. The summed E-state index contributed by atoms with van der Waals surface area (Å²) in [7, 11) is 0. The van der Waals surface area contributed by atoms with E-state index in [-0.39, 0.29) is 23.9 Å². The van der Waals surface area contributed by atoms with Crippen molar-refractivity contribution in [2.45, 2.75) is 83.2 Å². The number of carbonyl (C=O) groups is 1. The van der Waals surface area contributed by atoms with Crippen LogP contribution in [0.4, 0.5) is 0 Å². The lowest BCUT2D eigenvalue weighted by Gasteiger charge is -2.54. The molecule has 2 unspecified atom stereocenters. The van der Waals surface area contributed by atoms with E-state index >= 15 is 0 Å². The third kappa shape index (κ3) is 2.81. The second kappa shape index (κ2) is 7.21. The Bertz CT molecular complexity index is 1040. The maximum Gasteiger partial charge on any atom is 0.231 e. The Morgan fingerprint density at radius 1 is 1.12 bits per heavy atom. The summed E-state index contributed by atoms with van der Waals surface area (Å²) in [4.78, 5) is 12.2. The summed E-state index contributed by atoms with van der Waals surface area (Å²) in [6, 6.07) is 6.34. The standard InChI is InChI=1S/C28H34O4/c1-3-11-27(2)12-10-23-21-7-4-17-13-19(29)6-8-20(17)26(21)22(15-28(23,27)30)18-5-9-24-25(14-18)32-16-31-24/h5,9,13-14,21-23,30H,3-4,6-8,10-12,15-16H2,1-2H3/t21?,22-,23?,27-,28-/m1/s1. The van der Waals surface area contributed by atoms with Gasteiger partial charge in [0.15, 0.2) is 17.3 Å². The number of ether oxygens (including phenoxy) is 2. The molecule has 1 N–H and O–H groups in total. The van der Waals surface area contributed by atoms with Gasteiger partial charge in [-0.1, -0.05) is 31.9 Å². The van der Waals surface area contributed by atoms with Crippen LogP contribution in [0.1, 0.15) is 83.1 Å². The number of ketones is 1. The molecular formula is C28H34O4. The summed E-state index contributed by atoms with van der Waals surface area (Å²) in [5, 5.41) is 12.4. The highest BCUT2D eigenvalue weighted by Crippen LogP contribution is 2.66. The number of benzene rings is 1. The van der Waals surface area contributed by atoms with Gasteiger partial charge in [0.2, 0.25) is 6.79 Å². The Labute approximate surface area is 190 Å². The van der Waals surface area contributed by atoms with Gasteiger partial charge < -0.3 is 14.6 Å². The zero-order valence-electron chi connectivity index (χ0n) is 19.3. The molecule has 6 rings (SSSR count). The van der Waals surface area contributed by atoms with Crippen LogP contribution in [0.5, 0.6) is 11.5 Å². The molecule has 1 aromatic carbocycles. The van der Waals surface area contributed by atoms with Crippen LogP contribution in [0, 0.1) is 17.3 Å². The summed E-state index contributed by atoms with van der Waals surface area (Å²) in [5.74, 6) is 2.78.